The molecule has 1 aliphatic heterocycles. The molecule has 0 aromatic carbocycles. The van der Waals surface area contributed by atoms with E-state index in [1.54, 1.807) is 0 Å². The van der Waals surface area contributed by atoms with Crippen LogP contribution in [0.5, 0.6) is 0 Å². The Morgan fingerprint density at radius 2 is 1.53 bits per heavy atom. The monoisotopic (exact) mass is 267 g/mol. The minimum absolute atomic E-state index is 0.272. The molecule has 0 bridgehead atoms. The molecule has 0 amide bonds. The van der Waals surface area contributed by atoms with E-state index in [2.05, 4.69) is 42.9 Å². The highest BCUT2D eigenvalue weighted by Gasteiger charge is 2.27. The lowest BCUT2D eigenvalue weighted by molar-refractivity contribution is 0.0804. The molecule has 112 valence electrons. The van der Waals surface area contributed by atoms with Gasteiger partial charge in [0.1, 0.15) is 0 Å². The van der Waals surface area contributed by atoms with Crippen LogP contribution >= 0.6 is 0 Å². The lowest BCUT2D eigenvalue weighted by atomic mass is 9.84. The largest absolute Gasteiger partial charge is 0.312 e. The van der Waals surface area contributed by atoms with Gasteiger partial charge in [-0.2, -0.15) is 0 Å². The van der Waals surface area contributed by atoms with Crippen LogP contribution < -0.4 is 5.32 Å². The maximum absolute atomic E-state index is 3.67. The normalized spacial score (nSPS) is 31.6. The van der Waals surface area contributed by atoms with Crippen LogP contribution in [0.25, 0.3) is 0 Å². The molecule has 0 radical (unpaired) electrons. The highest BCUT2D eigenvalue weighted by atomic mass is 15.3. The van der Waals surface area contributed by atoms with Crippen molar-refractivity contribution in [3.63, 3.8) is 0 Å². The molecule has 1 heterocycles. The van der Waals surface area contributed by atoms with Crippen LogP contribution in [-0.4, -0.2) is 61.2 Å². The summed E-state index contributed by atoms with van der Waals surface area (Å²) in [5, 5.41) is 3.67. The topological polar surface area (TPSA) is 18.5 Å². The Morgan fingerprint density at radius 1 is 0.947 bits per heavy atom. The molecule has 2 aliphatic rings. The number of hydrogen-bond donors (Lipinski definition) is 1. The van der Waals surface area contributed by atoms with Gasteiger partial charge in [-0.15, -0.1) is 0 Å². The number of hydrogen-bond acceptors (Lipinski definition) is 3. The number of rotatable bonds is 3. The van der Waals surface area contributed by atoms with Crippen LogP contribution in [0.3, 0.4) is 0 Å². The first-order valence-corrected chi connectivity index (χ1v) is 8.12. The fourth-order valence-corrected chi connectivity index (χ4v) is 3.35. The maximum Gasteiger partial charge on any atom is 0.0113 e. The van der Waals surface area contributed by atoms with Crippen molar-refractivity contribution in [1.82, 2.24) is 15.1 Å². The molecule has 19 heavy (non-hydrogen) atoms. The molecule has 1 saturated carbocycles. The first kappa shape index (κ1) is 15.3. The summed E-state index contributed by atoms with van der Waals surface area (Å²) in [6.07, 6.45) is 5.67. The van der Waals surface area contributed by atoms with E-state index in [4.69, 9.17) is 0 Å². The fourth-order valence-electron chi connectivity index (χ4n) is 3.35. The van der Waals surface area contributed by atoms with E-state index in [9.17, 15) is 0 Å². The maximum atomic E-state index is 3.67. The van der Waals surface area contributed by atoms with Gasteiger partial charge >= 0.3 is 0 Å². The predicted octanol–water partition coefficient (Wildman–Crippen LogP) is 2.18. The summed E-state index contributed by atoms with van der Waals surface area (Å²) in [5.74, 6) is 0.905. The molecule has 3 heteroatoms. The van der Waals surface area contributed by atoms with Gasteiger partial charge in [-0.05, 0) is 66.0 Å². The minimum atomic E-state index is 0.272. The fraction of sp³-hybridized carbons (Fsp3) is 1.00. The number of nitrogens with one attached hydrogen (secondary N) is 1. The Morgan fingerprint density at radius 3 is 2.05 bits per heavy atom. The van der Waals surface area contributed by atoms with Gasteiger partial charge in [-0.3, -0.25) is 4.90 Å². The van der Waals surface area contributed by atoms with E-state index >= 15 is 0 Å². The molecule has 1 N–H and O–H groups in total. The highest BCUT2D eigenvalue weighted by molar-refractivity contribution is 4.84. The highest BCUT2D eigenvalue weighted by Crippen LogP contribution is 2.28. The Kier molecular flexibility index (Phi) is 5.27. The van der Waals surface area contributed by atoms with Gasteiger partial charge in [0.05, 0.1) is 0 Å². The van der Waals surface area contributed by atoms with Crippen molar-refractivity contribution in [3.05, 3.63) is 0 Å². The Balaban J connectivity index is 1.67. The molecule has 0 atom stereocenters. The molecule has 3 nitrogen and oxygen atoms in total. The molecule has 2 rings (SSSR count). The number of likely N-dealkylation sites (N-methyl/N-ethyl adjacent to an activating group) is 1. The lowest BCUT2D eigenvalue weighted by Gasteiger charge is -2.41. The van der Waals surface area contributed by atoms with Crippen LogP contribution in [0.4, 0.5) is 0 Å². The molecule has 0 unspecified atom stereocenters. The van der Waals surface area contributed by atoms with Gasteiger partial charge in [-0.25, -0.2) is 0 Å². The summed E-state index contributed by atoms with van der Waals surface area (Å²) in [6.45, 7) is 13.1. The Hall–Kier alpha value is -0.120. The standard InChI is InChI=1S/C16H33N3/c1-16(2,3)17-13-14-5-7-15(8-6-14)19-11-9-18(4)10-12-19/h14-15,17H,5-13H2,1-4H3/t14-,15-. The molecule has 1 aliphatic carbocycles. The van der Waals surface area contributed by atoms with E-state index in [0.29, 0.717) is 0 Å². The lowest BCUT2D eigenvalue weighted by Crippen LogP contribution is -2.50. The minimum Gasteiger partial charge on any atom is -0.312 e. The average molecular weight is 267 g/mol. The van der Waals surface area contributed by atoms with Crippen LogP contribution in [0.2, 0.25) is 0 Å². The quantitative estimate of drug-likeness (QED) is 0.845. The van der Waals surface area contributed by atoms with Gasteiger partial charge in [0.15, 0.2) is 0 Å². The van der Waals surface area contributed by atoms with Crippen molar-refractivity contribution in [3.8, 4) is 0 Å². The van der Waals surface area contributed by atoms with E-state index < -0.39 is 0 Å². The summed E-state index contributed by atoms with van der Waals surface area (Å²) in [4.78, 5) is 5.20. The van der Waals surface area contributed by atoms with Gasteiger partial charge in [0.25, 0.3) is 0 Å². The zero-order valence-corrected chi connectivity index (χ0v) is 13.4. The van der Waals surface area contributed by atoms with Crippen molar-refractivity contribution >= 4 is 0 Å². The van der Waals surface area contributed by atoms with Crippen LogP contribution in [0.1, 0.15) is 46.5 Å². The zero-order valence-electron chi connectivity index (χ0n) is 13.4. The SMILES string of the molecule is CN1CCN([C@H]2CC[C@H](CNC(C)(C)C)CC2)CC1. The summed E-state index contributed by atoms with van der Waals surface area (Å²) < 4.78 is 0. The van der Waals surface area contributed by atoms with Crippen molar-refractivity contribution in [2.24, 2.45) is 5.92 Å². The van der Waals surface area contributed by atoms with Crippen LogP contribution in [-0.2, 0) is 0 Å². The van der Waals surface area contributed by atoms with E-state index in [1.165, 1.54) is 58.4 Å². The molecule has 2 fully saturated rings. The third-order valence-corrected chi connectivity index (χ3v) is 4.79. The third-order valence-electron chi connectivity index (χ3n) is 4.79. The first-order valence-electron chi connectivity index (χ1n) is 8.12. The molecular weight excluding hydrogens is 234 g/mol. The van der Waals surface area contributed by atoms with Crippen molar-refractivity contribution < 1.29 is 0 Å². The molecule has 1 saturated heterocycles. The smallest absolute Gasteiger partial charge is 0.0113 e. The first-order chi connectivity index (χ1) is 8.94. The second kappa shape index (κ2) is 6.55. The molecular formula is C16H33N3. The second-order valence-electron chi connectivity index (χ2n) is 7.64. The number of nitrogens with zero attached hydrogens (tertiary/aromatic N) is 2. The Labute approximate surface area is 119 Å². The third kappa shape index (κ3) is 5.05. The van der Waals surface area contributed by atoms with Crippen molar-refractivity contribution in [2.45, 2.75) is 58.0 Å². The summed E-state index contributed by atoms with van der Waals surface area (Å²) in [5.41, 5.74) is 0.272. The molecule has 0 spiro atoms. The predicted molar refractivity (Wildman–Crippen MR) is 82.6 cm³/mol. The molecule has 0 aromatic rings. The van der Waals surface area contributed by atoms with Crippen molar-refractivity contribution in [2.75, 3.05) is 39.8 Å². The van der Waals surface area contributed by atoms with Gasteiger partial charge in [0, 0.05) is 37.8 Å². The Bertz CT molecular complexity index is 256. The van der Waals surface area contributed by atoms with Crippen LogP contribution in [0, 0.1) is 5.92 Å². The van der Waals surface area contributed by atoms with E-state index in [-0.39, 0.29) is 5.54 Å². The van der Waals surface area contributed by atoms with Gasteiger partial charge in [-0.1, -0.05) is 0 Å². The second-order valence-corrected chi connectivity index (χ2v) is 7.64. The van der Waals surface area contributed by atoms with E-state index in [1.807, 2.05) is 0 Å². The molecule has 0 aromatic heterocycles. The number of piperazine rings is 1. The van der Waals surface area contributed by atoms with E-state index in [0.717, 1.165) is 12.0 Å². The summed E-state index contributed by atoms with van der Waals surface area (Å²) in [7, 11) is 2.24. The zero-order chi connectivity index (χ0) is 13.9. The van der Waals surface area contributed by atoms with Crippen LogP contribution in [0.15, 0.2) is 0 Å². The summed E-state index contributed by atoms with van der Waals surface area (Å²) >= 11 is 0. The summed E-state index contributed by atoms with van der Waals surface area (Å²) in [6, 6.07) is 0.875. The van der Waals surface area contributed by atoms with Crippen molar-refractivity contribution in [1.29, 1.82) is 0 Å². The average Bonchev–Trinajstić information content (AvgIpc) is 2.37. The van der Waals surface area contributed by atoms with Gasteiger partial charge < -0.3 is 10.2 Å². The van der Waals surface area contributed by atoms with Gasteiger partial charge in [0.2, 0.25) is 0 Å².